The highest BCUT2D eigenvalue weighted by molar-refractivity contribution is 7.92. The molecular weight excluding hydrogens is 196 g/mol. The van der Waals surface area contributed by atoms with Gasteiger partial charge in [-0.15, -0.1) is 11.3 Å². The molecule has 0 aliphatic rings. The standard InChI is InChI=1S/C6H9N2O2S2/c1-4(2)12(9,10)5-3-11-6(7)8-5/h3-4,7H,1-2H3. The van der Waals surface area contributed by atoms with Crippen molar-refractivity contribution in [3.63, 3.8) is 0 Å². The Bertz CT molecular complexity index is 367. The number of nitrogens with one attached hydrogen (secondary N) is 1. The zero-order valence-corrected chi connectivity index (χ0v) is 8.37. The summed E-state index contributed by atoms with van der Waals surface area (Å²) >= 11 is 1.03. The van der Waals surface area contributed by atoms with Crippen LogP contribution in [0.15, 0.2) is 10.4 Å². The normalized spacial score (nSPS) is 12.2. The Morgan fingerprint density at radius 1 is 1.58 bits per heavy atom. The maximum atomic E-state index is 11.4. The molecule has 1 rings (SSSR count). The van der Waals surface area contributed by atoms with Gasteiger partial charge < -0.3 is 0 Å². The average Bonchev–Trinajstić information content (AvgIpc) is 2.35. The van der Waals surface area contributed by atoms with Gasteiger partial charge >= 0.3 is 0 Å². The molecule has 12 heavy (non-hydrogen) atoms. The highest BCUT2D eigenvalue weighted by Gasteiger charge is 2.21. The summed E-state index contributed by atoms with van der Waals surface area (Å²) in [7, 11) is -3.28. The van der Waals surface area contributed by atoms with Crippen LogP contribution < -0.4 is 5.73 Å². The molecule has 0 saturated carbocycles. The van der Waals surface area contributed by atoms with Crippen LogP contribution in [-0.2, 0) is 9.84 Å². The Balaban J connectivity index is 3.15. The van der Waals surface area contributed by atoms with Crippen molar-refractivity contribution in [2.75, 3.05) is 0 Å². The molecule has 0 fully saturated rings. The average molecular weight is 205 g/mol. The molecule has 0 amide bonds. The predicted molar refractivity (Wildman–Crippen MR) is 47.2 cm³/mol. The maximum Gasteiger partial charge on any atom is 0.202 e. The van der Waals surface area contributed by atoms with Crippen LogP contribution in [0, 0.1) is 0 Å². The van der Waals surface area contributed by atoms with Crippen molar-refractivity contribution in [3.05, 3.63) is 5.38 Å². The van der Waals surface area contributed by atoms with Gasteiger partial charge in [-0.05, 0) is 13.8 Å². The second-order valence-corrected chi connectivity index (χ2v) is 5.89. The van der Waals surface area contributed by atoms with Crippen LogP contribution in [0.1, 0.15) is 13.8 Å². The van der Waals surface area contributed by atoms with E-state index in [1.807, 2.05) is 0 Å². The van der Waals surface area contributed by atoms with Crippen molar-refractivity contribution in [2.24, 2.45) is 0 Å². The van der Waals surface area contributed by atoms with E-state index in [2.05, 4.69) is 4.98 Å². The summed E-state index contributed by atoms with van der Waals surface area (Å²) in [5.41, 5.74) is 7.08. The van der Waals surface area contributed by atoms with Crippen LogP contribution in [-0.4, -0.2) is 18.7 Å². The lowest BCUT2D eigenvalue weighted by atomic mass is 10.6. The molecule has 1 heterocycles. The van der Waals surface area contributed by atoms with E-state index < -0.39 is 15.1 Å². The molecule has 0 bridgehead atoms. The molecule has 1 radical (unpaired) electrons. The largest absolute Gasteiger partial charge is 0.274 e. The summed E-state index contributed by atoms with van der Waals surface area (Å²) in [5.74, 6) is 0. The summed E-state index contributed by atoms with van der Waals surface area (Å²) in [6.45, 7) is 3.19. The Morgan fingerprint density at radius 2 is 2.17 bits per heavy atom. The first-order chi connectivity index (χ1) is 5.44. The maximum absolute atomic E-state index is 11.4. The third kappa shape index (κ3) is 1.59. The van der Waals surface area contributed by atoms with Gasteiger partial charge in [0.1, 0.15) is 0 Å². The quantitative estimate of drug-likeness (QED) is 0.729. The molecule has 0 unspecified atom stereocenters. The first-order valence-electron chi connectivity index (χ1n) is 3.35. The van der Waals surface area contributed by atoms with Crippen LogP contribution in [0.5, 0.6) is 0 Å². The van der Waals surface area contributed by atoms with Gasteiger partial charge in [0.25, 0.3) is 0 Å². The monoisotopic (exact) mass is 205 g/mol. The summed E-state index contributed by atoms with van der Waals surface area (Å²) in [4.78, 5) is 3.60. The summed E-state index contributed by atoms with van der Waals surface area (Å²) < 4.78 is 22.8. The number of hydrogen-bond acceptors (Lipinski definition) is 4. The third-order valence-electron chi connectivity index (χ3n) is 1.40. The molecule has 0 aromatic carbocycles. The highest BCUT2D eigenvalue weighted by Crippen LogP contribution is 2.20. The van der Waals surface area contributed by atoms with Crippen molar-refractivity contribution in [3.8, 4) is 0 Å². The topological polar surface area (TPSA) is 70.8 Å². The Labute approximate surface area is 75.4 Å². The number of nitrogens with zero attached hydrogens (tertiary/aromatic N) is 1. The van der Waals surface area contributed by atoms with Gasteiger partial charge in [-0.2, -0.15) is 0 Å². The molecule has 1 aromatic heterocycles. The first-order valence-corrected chi connectivity index (χ1v) is 5.78. The second-order valence-electron chi connectivity index (χ2n) is 2.58. The van der Waals surface area contributed by atoms with Gasteiger partial charge in [-0.25, -0.2) is 13.4 Å². The van der Waals surface area contributed by atoms with Crippen LogP contribution in [0.25, 0.3) is 0 Å². The zero-order valence-electron chi connectivity index (χ0n) is 6.73. The number of sulfone groups is 1. The molecule has 0 aliphatic carbocycles. The molecule has 0 aliphatic heterocycles. The van der Waals surface area contributed by atoms with E-state index in [0.29, 0.717) is 0 Å². The van der Waals surface area contributed by atoms with Crippen LogP contribution in [0.2, 0.25) is 0 Å². The molecule has 0 atom stereocenters. The fraction of sp³-hybridized carbons (Fsp3) is 0.500. The van der Waals surface area contributed by atoms with Crippen molar-refractivity contribution >= 4 is 26.3 Å². The van der Waals surface area contributed by atoms with E-state index in [4.69, 9.17) is 5.73 Å². The first kappa shape index (κ1) is 9.47. The van der Waals surface area contributed by atoms with Crippen LogP contribution >= 0.6 is 11.3 Å². The Kier molecular flexibility index (Phi) is 2.39. The zero-order chi connectivity index (χ0) is 9.35. The van der Waals surface area contributed by atoms with Gasteiger partial charge in [0, 0.05) is 5.38 Å². The predicted octanol–water partition coefficient (Wildman–Crippen LogP) is 1.24. The fourth-order valence-electron chi connectivity index (χ4n) is 0.631. The lowest BCUT2D eigenvalue weighted by Crippen LogP contribution is -2.14. The summed E-state index contributed by atoms with van der Waals surface area (Å²) in [6.07, 6.45) is 0. The van der Waals surface area contributed by atoms with E-state index in [0.717, 1.165) is 11.3 Å². The number of hydrogen-bond donors (Lipinski definition) is 0. The molecule has 6 heteroatoms. The van der Waals surface area contributed by atoms with Gasteiger partial charge in [-0.3, -0.25) is 5.73 Å². The number of thiazole rings is 1. The minimum absolute atomic E-state index is 0.0208. The van der Waals surface area contributed by atoms with Crippen LogP contribution in [0.4, 0.5) is 5.13 Å². The minimum atomic E-state index is -3.28. The third-order valence-corrected chi connectivity index (χ3v) is 4.23. The van der Waals surface area contributed by atoms with Crippen molar-refractivity contribution in [2.45, 2.75) is 24.1 Å². The molecule has 0 spiro atoms. The summed E-state index contributed by atoms with van der Waals surface area (Å²) in [6, 6.07) is 0. The summed E-state index contributed by atoms with van der Waals surface area (Å²) in [5, 5.41) is 0.984. The molecule has 0 saturated heterocycles. The van der Waals surface area contributed by atoms with Gasteiger partial charge in [0.15, 0.2) is 14.9 Å². The van der Waals surface area contributed by atoms with E-state index in [1.165, 1.54) is 5.38 Å². The Morgan fingerprint density at radius 3 is 2.50 bits per heavy atom. The van der Waals surface area contributed by atoms with E-state index in [9.17, 15) is 8.42 Å². The highest BCUT2D eigenvalue weighted by atomic mass is 32.2. The number of rotatable bonds is 2. The van der Waals surface area contributed by atoms with Gasteiger partial charge in [0.2, 0.25) is 5.13 Å². The smallest absolute Gasteiger partial charge is 0.202 e. The molecule has 1 aromatic rings. The van der Waals surface area contributed by atoms with Crippen LogP contribution in [0.3, 0.4) is 0 Å². The number of aromatic nitrogens is 1. The lowest BCUT2D eigenvalue weighted by Gasteiger charge is -2.02. The minimum Gasteiger partial charge on any atom is -0.274 e. The lowest BCUT2D eigenvalue weighted by molar-refractivity contribution is 0.584. The van der Waals surface area contributed by atoms with Gasteiger partial charge in [0.05, 0.1) is 5.25 Å². The molecule has 1 N–H and O–H groups in total. The Hall–Kier alpha value is -0.620. The van der Waals surface area contributed by atoms with Crippen molar-refractivity contribution in [1.29, 1.82) is 0 Å². The molecule has 4 nitrogen and oxygen atoms in total. The molecule has 67 valence electrons. The molecular formula is C6H9N2O2S2. The second kappa shape index (κ2) is 3.02. The van der Waals surface area contributed by atoms with Gasteiger partial charge in [-0.1, -0.05) is 0 Å². The SMILES string of the molecule is CC(C)S(=O)(=O)c1csc([NH])n1. The van der Waals surface area contributed by atoms with E-state index in [-0.39, 0.29) is 10.2 Å². The van der Waals surface area contributed by atoms with E-state index in [1.54, 1.807) is 13.8 Å². The van der Waals surface area contributed by atoms with E-state index >= 15 is 0 Å². The van der Waals surface area contributed by atoms with Crippen molar-refractivity contribution in [1.82, 2.24) is 10.7 Å². The fourth-order valence-corrected chi connectivity index (χ4v) is 2.49. The van der Waals surface area contributed by atoms with Crippen molar-refractivity contribution < 1.29 is 8.42 Å².